The van der Waals surface area contributed by atoms with Crippen LogP contribution in [0.3, 0.4) is 0 Å². The smallest absolute Gasteiger partial charge is 0.0708 e. The van der Waals surface area contributed by atoms with Gasteiger partial charge in [0.2, 0.25) is 0 Å². The first kappa shape index (κ1) is 10.3. The fourth-order valence-corrected chi connectivity index (χ4v) is 2.64. The summed E-state index contributed by atoms with van der Waals surface area (Å²) < 4.78 is 0. The first-order chi connectivity index (χ1) is 9.43. The summed E-state index contributed by atoms with van der Waals surface area (Å²) in [6.07, 6.45) is 3.82. The molecular formula is C17H12N2. The van der Waals surface area contributed by atoms with Crippen molar-refractivity contribution in [2.45, 2.75) is 0 Å². The normalized spacial score (nSPS) is 11.2. The minimum atomic E-state index is 1.01. The van der Waals surface area contributed by atoms with E-state index in [4.69, 9.17) is 0 Å². The second-order valence-corrected chi connectivity index (χ2v) is 4.63. The summed E-state index contributed by atoms with van der Waals surface area (Å²) in [7, 11) is 0. The van der Waals surface area contributed by atoms with Gasteiger partial charge < -0.3 is 4.98 Å². The molecule has 0 aliphatic rings. The number of pyridine rings is 1. The molecule has 0 saturated carbocycles. The minimum Gasteiger partial charge on any atom is -0.361 e. The molecule has 0 bridgehead atoms. The van der Waals surface area contributed by atoms with Crippen molar-refractivity contribution in [1.29, 1.82) is 0 Å². The summed E-state index contributed by atoms with van der Waals surface area (Å²) in [5, 5.41) is 3.71. The molecule has 2 nitrogen and oxygen atoms in total. The number of aromatic nitrogens is 2. The maximum Gasteiger partial charge on any atom is 0.0708 e. The van der Waals surface area contributed by atoms with Gasteiger partial charge in [0.25, 0.3) is 0 Å². The third-order valence-electron chi connectivity index (χ3n) is 3.51. The number of H-pyrrole nitrogens is 1. The standard InChI is InChI=1S/C17H12N2/c1-2-10-18-15(6-1)14-5-3-4-12-7-8-13-9-11-19-17(13)16(12)14/h1-11,19H. The topological polar surface area (TPSA) is 28.7 Å². The average molecular weight is 244 g/mol. The molecule has 4 aromatic rings. The molecule has 0 aliphatic heterocycles. The zero-order chi connectivity index (χ0) is 12.7. The van der Waals surface area contributed by atoms with Crippen molar-refractivity contribution in [3.05, 3.63) is 67.0 Å². The molecule has 4 rings (SSSR count). The predicted octanol–water partition coefficient (Wildman–Crippen LogP) is 4.38. The summed E-state index contributed by atoms with van der Waals surface area (Å²) in [4.78, 5) is 7.82. The van der Waals surface area contributed by atoms with Crippen molar-refractivity contribution in [3.8, 4) is 11.3 Å². The van der Waals surface area contributed by atoms with Gasteiger partial charge in [-0.15, -0.1) is 0 Å². The maximum absolute atomic E-state index is 4.48. The first-order valence-electron chi connectivity index (χ1n) is 6.34. The van der Waals surface area contributed by atoms with Crippen LogP contribution < -0.4 is 0 Å². The minimum absolute atomic E-state index is 1.01. The highest BCUT2D eigenvalue weighted by atomic mass is 14.7. The molecule has 2 heterocycles. The molecular weight excluding hydrogens is 232 g/mol. The van der Waals surface area contributed by atoms with Crippen molar-refractivity contribution in [2.75, 3.05) is 0 Å². The van der Waals surface area contributed by atoms with Crippen LogP contribution >= 0.6 is 0 Å². The predicted molar refractivity (Wildman–Crippen MR) is 79.0 cm³/mol. The second-order valence-electron chi connectivity index (χ2n) is 4.63. The Morgan fingerprint density at radius 3 is 2.63 bits per heavy atom. The lowest BCUT2D eigenvalue weighted by atomic mass is 9.99. The van der Waals surface area contributed by atoms with E-state index >= 15 is 0 Å². The third kappa shape index (κ3) is 1.54. The van der Waals surface area contributed by atoms with Gasteiger partial charge in [-0.1, -0.05) is 36.4 Å². The molecule has 0 radical (unpaired) electrons. The Kier molecular flexibility index (Phi) is 2.15. The second kappa shape index (κ2) is 3.95. The van der Waals surface area contributed by atoms with E-state index in [-0.39, 0.29) is 0 Å². The molecule has 0 fully saturated rings. The van der Waals surface area contributed by atoms with E-state index in [1.165, 1.54) is 27.2 Å². The van der Waals surface area contributed by atoms with E-state index in [9.17, 15) is 0 Å². The van der Waals surface area contributed by atoms with E-state index in [0.29, 0.717) is 0 Å². The van der Waals surface area contributed by atoms with Gasteiger partial charge in [-0.25, -0.2) is 0 Å². The number of benzene rings is 2. The van der Waals surface area contributed by atoms with Crippen molar-refractivity contribution in [2.24, 2.45) is 0 Å². The number of nitrogens with zero attached hydrogens (tertiary/aromatic N) is 1. The Morgan fingerprint density at radius 1 is 0.789 bits per heavy atom. The largest absolute Gasteiger partial charge is 0.361 e. The summed E-state index contributed by atoms with van der Waals surface area (Å²) in [6.45, 7) is 0. The highest BCUT2D eigenvalue weighted by Gasteiger charge is 2.08. The molecule has 2 aromatic carbocycles. The number of nitrogens with one attached hydrogen (secondary N) is 1. The van der Waals surface area contributed by atoms with Crippen molar-refractivity contribution in [1.82, 2.24) is 9.97 Å². The molecule has 0 spiro atoms. The van der Waals surface area contributed by atoms with Gasteiger partial charge in [0, 0.05) is 28.7 Å². The Labute approximate surface area is 110 Å². The quantitative estimate of drug-likeness (QED) is 0.528. The molecule has 0 amide bonds. The number of hydrogen-bond donors (Lipinski definition) is 1. The summed E-state index contributed by atoms with van der Waals surface area (Å²) in [5.41, 5.74) is 3.36. The highest BCUT2D eigenvalue weighted by Crippen LogP contribution is 2.32. The lowest BCUT2D eigenvalue weighted by Gasteiger charge is -2.07. The van der Waals surface area contributed by atoms with Gasteiger partial charge in [0.15, 0.2) is 0 Å². The highest BCUT2D eigenvalue weighted by molar-refractivity contribution is 6.12. The molecule has 0 atom stereocenters. The Hall–Kier alpha value is -2.61. The van der Waals surface area contributed by atoms with Crippen molar-refractivity contribution >= 4 is 21.7 Å². The Balaban J connectivity index is 2.18. The molecule has 0 aliphatic carbocycles. The third-order valence-corrected chi connectivity index (χ3v) is 3.51. The van der Waals surface area contributed by atoms with Crippen LogP contribution in [-0.4, -0.2) is 9.97 Å². The summed E-state index contributed by atoms with van der Waals surface area (Å²) >= 11 is 0. The van der Waals surface area contributed by atoms with E-state index in [1.54, 1.807) is 0 Å². The van der Waals surface area contributed by atoms with E-state index in [0.717, 1.165) is 5.69 Å². The monoisotopic (exact) mass is 244 g/mol. The van der Waals surface area contributed by atoms with Gasteiger partial charge in [0.1, 0.15) is 0 Å². The lowest BCUT2D eigenvalue weighted by Crippen LogP contribution is -1.85. The molecule has 0 unspecified atom stereocenters. The number of aromatic amines is 1. The Bertz CT molecular complexity index is 860. The zero-order valence-electron chi connectivity index (χ0n) is 10.3. The van der Waals surface area contributed by atoms with Gasteiger partial charge in [-0.2, -0.15) is 0 Å². The van der Waals surface area contributed by atoms with Crippen LogP contribution in [0.25, 0.3) is 32.9 Å². The van der Waals surface area contributed by atoms with Crippen LogP contribution in [0.2, 0.25) is 0 Å². The molecule has 19 heavy (non-hydrogen) atoms. The Morgan fingerprint density at radius 2 is 1.74 bits per heavy atom. The summed E-state index contributed by atoms with van der Waals surface area (Å²) in [5.74, 6) is 0. The van der Waals surface area contributed by atoms with Crippen LogP contribution in [0, 0.1) is 0 Å². The SMILES string of the molecule is c1ccc(-c2cccc3ccc4cc[nH]c4c23)nc1. The van der Waals surface area contributed by atoms with Crippen LogP contribution in [-0.2, 0) is 0 Å². The average Bonchev–Trinajstić information content (AvgIpc) is 2.96. The summed E-state index contributed by atoms with van der Waals surface area (Å²) in [6, 6.07) is 18.8. The zero-order valence-corrected chi connectivity index (χ0v) is 10.3. The molecule has 0 saturated heterocycles. The number of hydrogen-bond acceptors (Lipinski definition) is 1. The molecule has 2 aromatic heterocycles. The van der Waals surface area contributed by atoms with Crippen LogP contribution in [0.1, 0.15) is 0 Å². The van der Waals surface area contributed by atoms with Gasteiger partial charge in [0.05, 0.1) is 11.2 Å². The van der Waals surface area contributed by atoms with Gasteiger partial charge >= 0.3 is 0 Å². The van der Waals surface area contributed by atoms with Crippen LogP contribution in [0.15, 0.2) is 67.0 Å². The van der Waals surface area contributed by atoms with Crippen molar-refractivity contribution < 1.29 is 0 Å². The van der Waals surface area contributed by atoms with E-state index < -0.39 is 0 Å². The fourth-order valence-electron chi connectivity index (χ4n) is 2.64. The number of rotatable bonds is 1. The van der Waals surface area contributed by atoms with Gasteiger partial charge in [-0.05, 0) is 23.6 Å². The molecule has 1 N–H and O–H groups in total. The van der Waals surface area contributed by atoms with Crippen LogP contribution in [0.5, 0.6) is 0 Å². The maximum atomic E-state index is 4.48. The van der Waals surface area contributed by atoms with E-state index in [2.05, 4.69) is 52.4 Å². The van der Waals surface area contributed by atoms with Crippen LogP contribution in [0.4, 0.5) is 0 Å². The van der Waals surface area contributed by atoms with E-state index in [1.807, 2.05) is 24.5 Å². The first-order valence-corrected chi connectivity index (χ1v) is 6.34. The molecule has 2 heteroatoms. The van der Waals surface area contributed by atoms with Crippen molar-refractivity contribution in [3.63, 3.8) is 0 Å². The lowest BCUT2D eigenvalue weighted by molar-refractivity contribution is 1.33. The number of fused-ring (bicyclic) bond motifs is 3. The fraction of sp³-hybridized carbons (Fsp3) is 0. The molecule has 90 valence electrons. The van der Waals surface area contributed by atoms with Gasteiger partial charge in [-0.3, -0.25) is 4.98 Å².